The number of pyridine rings is 1. The van der Waals surface area contributed by atoms with Crippen molar-refractivity contribution >= 4 is 21.9 Å². The molecule has 0 aliphatic carbocycles. The molecule has 0 amide bonds. The van der Waals surface area contributed by atoms with Crippen molar-refractivity contribution in [3.63, 3.8) is 0 Å². The van der Waals surface area contributed by atoms with Gasteiger partial charge in [0.25, 0.3) is 0 Å². The molecule has 1 unspecified atom stereocenters. The normalized spacial score (nSPS) is 12.8. The van der Waals surface area contributed by atoms with E-state index in [4.69, 9.17) is 10.2 Å². The molecule has 3 heteroatoms. The molecule has 4 aromatic rings. The van der Waals surface area contributed by atoms with Crippen LogP contribution >= 0.6 is 0 Å². The van der Waals surface area contributed by atoms with Crippen LogP contribution in [0.2, 0.25) is 0 Å². The predicted molar refractivity (Wildman–Crippen MR) is 84.0 cm³/mol. The molecule has 0 aliphatic heterocycles. The van der Waals surface area contributed by atoms with Crippen LogP contribution in [-0.2, 0) is 0 Å². The molecule has 0 aliphatic rings. The van der Waals surface area contributed by atoms with E-state index in [1.54, 1.807) is 12.4 Å². The number of nitrogens with two attached hydrogens (primary N) is 1. The van der Waals surface area contributed by atoms with E-state index in [1.807, 2.05) is 42.5 Å². The molecule has 2 aromatic carbocycles. The van der Waals surface area contributed by atoms with Crippen LogP contribution in [0.1, 0.15) is 17.2 Å². The molecule has 21 heavy (non-hydrogen) atoms. The van der Waals surface area contributed by atoms with Gasteiger partial charge in [0.15, 0.2) is 0 Å². The zero-order valence-corrected chi connectivity index (χ0v) is 11.4. The zero-order valence-electron chi connectivity index (χ0n) is 11.4. The minimum atomic E-state index is -0.247. The minimum absolute atomic E-state index is 0.247. The standard InChI is InChI=1S/C18H14N2O/c19-17(12-5-4-10-20-11-12)15-8-3-7-14-13-6-1-2-9-16(13)21-18(14)15/h1-11,17H,19H2. The summed E-state index contributed by atoms with van der Waals surface area (Å²) in [7, 11) is 0. The molecule has 0 radical (unpaired) electrons. The van der Waals surface area contributed by atoms with E-state index in [0.717, 1.165) is 33.1 Å². The zero-order chi connectivity index (χ0) is 14.2. The van der Waals surface area contributed by atoms with E-state index in [2.05, 4.69) is 17.1 Å². The Bertz CT molecular complexity index is 912. The fourth-order valence-corrected chi connectivity index (χ4v) is 2.75. The fourth-order valence-electron chi connectivity index (χ4n) is 2.75. The molecule has 3 nitrogen and oxygen atoms in total. The molecule has 0 bridgehead atoms. The lowest BCUT2D eigenvalue weighted by molar-refractivity contribution is 0.657. The highest BCUT2D eigenvalue weighted by atomic mass is 16.3. The first-order chi connectivity index (χ1) is 10.3. The fraction of sp³-hybridized carbons (Fsp3) is 0.0556. The number of hydrogen-bond acceptors (Lipinski definition) is 3. The SMILES string of the molecule is NC(c1cccnc1)c1cccc2c1oc1ccccc12. The topological polar surface area (TPSA) is 52.0 Å². The van der Waals surface area contributed by atoms with Gasteiger partial charge in [-0.25, -0.2) is 0 Å². The average molecular weight is 274 g/mol. The van der Waals surface area contributed by atoms with E-state index in [0.29, 0.717) is 0 Å². The van der Waals surface area contributed by atoms with Crippen LogP contribution in [0.15, 0.2) is 71.4 Å². The molecule has 1 atom stereocenters. The maximum Gasteiger partial charge on any atom is 0.140 e. The Balaban J connectivity index is 1.97. The highest BCUT2D eigenvalue weighted by Crippen LogP contribution is 2.34. The molecule has 2 aromatic heterocycles. The van der Waals surface area contributed by atoms with Gasteiger partial charge >= 0.3 is 0 Å². The molecular formula is C18H14N2O. The summed E-state index contributed by atoms with van der Waals surface area (Å²) >= 11 is 0. The Labute approximate surface area is 122 Å². The van der Waals surface area contributed by atoms with Gasteiger partial charge in [-0.15, -0.1) is 0 Å². The molecule has 0 saturated carbocycles. The Morgan fingerprint density at radius 1 is 0.905 bits per heavy atom. The highest BCUT2D eigenvalue weighted by molar-refractivity contribution is 6.05. The molecule has 0 spiro atoms. The quantitative estimate of drug-likeness (QED) is 0.600. The molecule has 4 rings (SSSR count). The molecule has 2 heterocycles. The first-order valence-corrected chi connectivity index (χ1v) is 6.90. The van der Waals surface area contributed by atoms with Crippen molar-refractivity contribution < 1.29 is 4.42 Å². The Hall–Kier alpha value is -2.65. The van der Waals surface area contributed by atoms with Crippen molar-refractivity contribution in [1.82, 2.24) is 4.98 Å². The van der Waals surface area contributed by atoms with Crippen LogP contribution in [-0.4, -0.2) is 4.98 Å². The van der Waals surface area contributed by atoms with Crippen molar-refractivity contribution in [3.8, 4) is 0 Å². The lowest BCUT2D eigenvalue weighted by Crippen LogP contribution is -2.12. The van der Waals surface area contributed by atoms with Crippen molar-refractivity contribution in [1.29, 1.82) is 0 Å². The maximum absolute atomic E-state index is 6.40. The summed E-state index contributed by atoms with van der Waals surface area (Å²) in [4.78, 5) is 4.14. The average Bonchev–Trinajstić information content (AvgIpc) is 2.94. The number of aromatic nitrogens is 1. The number of benzene rings is 2. The molecular weight excluding hydrogens is 260 g/mol. The van der Waals surface area contributed by atoms with Gasteiger partial charge in [0.2, 0.25) is 0 Å². The Morgan fingerprint density at radius 2 is 1.76 bits per heavy atom. The van der Waals surface area contributed by atoms with Crippen molar-refractivity contribution in [2.24, 2.45) is 5.73 Å². The van der Waals surface area contributed by atoms with E-state index in [9.17, 15) is 0 Å². The van der Waals surface area contributed by atoms with Gasteiger partial charge in [0.05, 0.1) is 6.04 Å². The Kier molecular flexibility index (Phi) is 2.72. The first-order valence-electron chi connectivity index (χ1n) is 6.90. The largest absolute Gasteiger partial charge is 0.456 e. The summed E-state index contributed by atoms with van der Waals surface area (Å²) in [6, 6.07) is 17.8. The van der Waals surface area contributed by atoms with E-state index in [1.165, 1.54) is 0 Å². The smallest absolute Gasteiger partial charge is 0.140 e. The summed E-state index contributed by atoms with van der Waals surface area (Å²) < 4.78 is 6.03. The number of nitrogens with zero attached hydrogens (tertiary/aromatic N) is 1. The van der Waals surface area contributed by atoms with Gasteiger partial charge in [-0.1, -0.05) is 42.5 Å². The van der Waals surface area contributed by atoms with Crippen LogP contribution in [0, 0.1) is 0 Å². The predicted octanol–water partition coefficient (Wildman–Crippen LogP) is 4.03. The number of hydrogen-bond donors (Lipinski definition) is 1. The first kappa shape index (κ1) is 12.1. The third kappa shape index (κ3) is 1.90. The molecule has 102 valence electrons. The summed E-state index contributed by atoms with van der Waals surface area (Å²) in [5.41, 5.74) is 10.1. The van der Waals surface area contributed by atoms with Gasteiger partial charge in [-0.05, 0) is 17.7 Å². The van der Waals surface area contributed by atoms with Gasteiger partial charge in [0.1, 0.15) is 11.2 Å². The summed E-state index contributed by atoms with van der Waals surface area (Å²) in [6.45, 7) is 0. The van der Waals surface area contributed by atoms with E-state index in [-0.39, 0.29) is 6.04 Å². The number of para-hydroxylation sites is 2. The highest BCUT2D eigenvalue weighted by Gasteiger charge is 2.16. The van der Waals surface area contributed by atoms with E-state index < -0.39 is 0 Å². The third-order valence-corrected chi connectivity index (χ3v) is 3.81. The molecule has 0 saturated heterocycles. The molecule has 0 fully saturated rings. The van der Waals surface area contributed by atoms with Gasteiger partial charge in [0, 0.05) is 28.7 Å². The van der Waals surface area contributed by atoms with Crippen molar-refractivity contribution in [3.05, 3.63) is 78.1 Å². The summed E-state index contributed by atoms with van der Waals surface area (Å²) in [5, 5.41) is 2.22. The van der Waals surface area contributed by atoms with Crippen LogP contribution in [0.3, 0.4) is 0 Å². The monoisotopic (exact) mass is 274 g/mol. The number of furan rings is 1. The second-order valence-electron chi connectivity index (χ2n) is 5.09. The van der Waals surface area contributed by atoms with Crippen molar-refractivity contribution in [2.75, 3.05) is 0 Å². The van der Waals surface area contributed by atoms with Gasteiger partial charge in [-0.3, -0.25) is 4.98 Å². The third-order valence-electron chi connectivity index (χ3n) is 3.81. The number of rotatable bonds is 2. The minimum Gasteiger partial charge on any atom is -0.456 e. The second kappa shape index (κ2) is 4.72. The van der Waals surface area contributed by atoms with E-state index >= 15 is 0 Å². The number of fused-ring (bicyclic) bond motifs is 3. The second-order valence-corrected chi connectivity index (χ2v) is 5.09. The van der Waals surface area contributed by atoms with Gasteiger partial charge in [-0.2, -0.15) is 0 Å². The summed E-state index contributed by atoms with van der Waals surface area (Å²) in [6.07, 6.45) is 3.55. The van der Waals surface area contributed by atoms with Crippen LogP contribution in [0.5, 0.6) is 0 Å². The summed E-state index contributed by atoms with van der Waals surface area (Å²) in [5.74, 6) is 0. The lowest BCUT2D eigenvalue weighted by Gasteiger charge is -2.12. The Morgan fingerprint density at radius 3 is 2.62 bits per heavy atom. The van der Waals surface area contributed by atoms with Crippen LogP contribution in [0.25, 0.3) is 21.9 Å². The van der Waals surface area contributed by atoms with Crippen molar-refractivity contribution in [2.45, 2.75) is 6.04 Å². The molecule has 2 N–H and O–H groups in total. The lowest BCUT2D eigenvalue weighted by atomic mass is 9.99. The van der Waals surface area contributed by atoms with Crippen LogP contribution < -0.4 is 5.73 Å². The van der Waals surface area contributed by atoms with Gasteiger partial charge < -0.3 is 10.2 Å². The van der Waals surface area contributed by atoms with Crippen LogP contribution in [0.4, 0.5) is 0 Å². The maximum atomic E-state index is 6.40.